The van der Waals surface area contributed by atoms with Gasteiger partial charge in [-0.3, -0.25) is 9.59 Å². The van der Waals surface area contributed by atoms with Crippen LogP contribution in [0.3, 0.4) is 0 Å². The molecule has 3 aliphatic rings. The molecular formula is C20H20O4. The van der Waals surface area contributed by atoms with Crippen LogP contribution in [-0.2, 0) is 9.53 Å². The van der Waals surface area contributed by atoms with Gasteiger partial charge in [0, 0.05) is 12.0 Å². The van der Waals surface area contributed by atoms with Gasteiger partial charge in [-0.1, -0.05) is 12.1 Å². The van der Waals surface area contributed by atoms with E-state index in [2.05, 4.69) is 6.07 Å². The van der Waals surface area contributed by atoms with E-state index in [0.29, 0.717) is 35.3 Å². The van der Waals surface area contributed by atoms with Crippen LogP contribution in [0.5, 0.6) is 0 Å². The van der Waals surface area contributed by atoms with Crippen LogP contribution in [0.4, 0.5) is 0 Å². The standard InChI is InChI=1S/C20H20O4/c1-23-19(21)10-15-8-12-2-4-17(15)18-9-13(3-5-16(12)18)20(22)14-6-7-24-11-14/h3,5-7,9,11-12,15,17H,2,4,8,10H2,1H3/t12-,15+,17+/m1/s1. The van der Waals surface area contributed by atoms with E-state index in [4.69, 9.17) is 9.15 Å². The maximum Gasteiger partial charge on any atom is 0.305 e. The molecule has 1 fully saturated rings. The molecule has 5 rings (SSSR count). The Morgan fingerprint density at radius 2 is 2.04 bits per heavy atom. The van der Waals surface area contributed by atoms with E-state index in [1.54, 1.807) is 6.07 Å². The van der Waals surface area contributed by atoms with Gasteiger partial charge >= 0.3 is 5.97 Å². The van der Waals surface area contributed by atoms with Crippen molar-refractivity contribution in [2.75, 3.05) is 7.11 Å². The van der Waals surface area contributed by atoms with E-state index in [-0.39, 0.29) is 11.8 Å². The second-order valence-electron chi connectivity index (χ2n) is 6.84. The largest absolute Gasteiger partial charge is 0.472 e. The summed E-state index contributed by atoms with van der Waals surface area (Å²) >= 11 is 0. The molecule has 0 unspecified atom stereocenters. The van der Waals surface area contributed by atoms with Crippen LogP contribution in [0.25, 0.3) is 0 Å². The number of fused-ring (bicyclic) bond motifs is 2. The molecule has 1 heterocycles. The van der Waals surface area contributed by atoms with Gasteiger partial charge in [-0.2, -0.15) is 0 Å². The number of hydrogen-bond donors (Lipinski definition) is 0. The lowest BCUT2D eigenvalue weighted by Gasteiger charge is -2.44. The first-order valence-corrected chi connectivity index (χ1v) is 8.45. The summed E-state index contributed by atoms with van der Waals surface area (Å²) in [4.78, 5) is 24.3. The van der Waals surface area contributed by atoms with Gasteiger partial charge in [-0.25, -0.2) is 0 Å². The van der Waals surface area contributed by atoms with E-state index < -0.39 is 0 Å². The number of furan rings is 1. The van der Waals surface area contributed by atoms with Crippen LogP contribution in [0.1, 0.15) is 64.6 Å². The topological polar surface area (TPSA) is 56.5 Å². The van der Waals surface area contributed by atoms with Gasteiger partial charge < -0.3 is 9.15 Å². The van der Waals surface area contributed by atoms with Crippen LogP contribution in [0, 0.1) is 5.92 Å². The van der Waals surface area contributed by atoms with Crippen LogP contribution in [0.2, 0.25) is 0 Å². The minimum absolute atomic E-state index is 0.0162. The summed E-state index contributed by atoms with van der Waals surface area (Å²) in [6.45, 7) is 0. The molecule has 0 amide bonds. The molecule has 0 saturated heterocycles. The molecule has 1 aromatic carbocycles. The summed E-state index contributed by atoms with van der Waals surface area (Å²) in [6.07, 6.45) is 6.76. The summed E-state index contributed by atoms with van der Waals surface area (Å²) in [5.41, 5.74) is 3.87. The Balaban J connectivity index is 1.67. The highest BCUT2D eigenvalue weighted by Crippen LogP contribution is 2.53. The molecule has 2 aromatic rings. The molecule has 4 heteroatoms. The predicted octanol–water partition coefficient (Wildman–Crippen LogP) is 4.05. The number of ether oxygens (including phenoxy) is 1. The fraction of sp³-hybridized carbons (Fsp3) is 0.400. The first kappa shape index (κ1) is 15.2. The second-order valence-corrected chi connectivity index (χ2v) is 6.84. The Hall–Kier alpha value is -2.36. The molecule has 3 aliphatic carbocycles. The lowest BCUT2D eigenvalue weighted by molar-refractivity contribution is -0.142. The number of methoxy groups -OCH3 is 1. The molecule has 4 nitrogen and oxygen atoms in total. The number of esters is 1. The van der Waals surface area contributed by atoms with Crippen molar-refractivity contribution >= 4 is 11.8 Å². The van der Waals surface area contributed by atoms with E-state index in [1.165, 1.54) is 37.2 Å². The Kier molecular flexibility index (Phi) is 3.75. The maximum atomic E-state index is 12.6. The molecular weight excluding hydrogens is 304 g/mol. The highest BCUT2D eigenvalue weighted by Gasteiger charge is 2.40. The first-order chi connectivity index (χ1) is 11.7. The minimum atomic E-state index is -0.139. The molecule has 3 atom stereocenters. The third-order valence-corrected chi connectivity index (χ3v) is 5.61. The van der Waals surface area contributed by atoms with Crippen LogP contribution < -0.4 is 0 Å². The number of carbonyl (C=O) groups is 2. The first-order valence-electron chi connectivity index (χ1n) is 8.45. The quantitative estimate of drug-likeness (QED) is 0.629. The predicted molar refractivity (Wildman–Crippen MR) is 88.0 cm³/mol. The second kappa shape index (κ2) is 5.93. The van der Waals surface area contributed by atoms with Crippen molar-refractivity contribution in [1.82, 2.24) is 0 Å². The Labute approximate surface area is 140 Å². The summed E-state index contributed by atoms with van der Waals surface area (Å²) < 4.78 is 9.88. The van der Waals surface area contributed by atoms with Crippen molar-refractivity contribution in [2.45, 2.75) is 37.5 Å². The van der Waals surface area contributed by atoms with Crippen LogP contribution in [-0.4, -0.2) is 18.9 Å². The van der Waals surface area contributed by atoms with E-state index in [1.807, 2.05) is 12.1 Å². The van der Waals surface area contributed by atoms with Gasteiger partial charge in [0.1, 0.15) is 6.26 Å². The van der Waals surface area contributed by atoms with E-state index in [9.17, 15) is 9.59 Å². The van der Waals surface area contributed by atoms with E-state index in [0.717, 1.165) is 12.8 Å². The number of hydrogen-bond acceptors (Lipinski definition) is 4. The maximum absolute atomic E-state index is 12.6. The lowest BCUT2D eigenvalue weighted by atomic mass is 9.60. The van der Waals surface area contributed by atoms with Crippen molar-refractivity contribution in [2.24, 2.45) is 5.92 Å². The fourth-order valence-corrected chi connectivity index (χ4v) is 4.45. The van der Waals surface area contributed by atoms with Gasteiger partial charge in [-0.05, 0) is 60.3 Å². The molecule has 124 valence electrons. The zero-order valence-corrected chi connectivity index (χ0v) is 13.7. The molecule has 0 spiro atoms. The SMILES string of the molecule is COC(=O)C[C@@H]1C[C@H]2CC[C@@H]1c1cc(C(=O)c3ccoc3)ccc12. The highest BCUT2D eigenvalue weighted by atomic mass is 16.5. The third kappa shape index (κ3) is 2.46. The number of carbonyl (C=O) groups excluding carboxylic acids is 2. The van der Waals surface area contributed by atoms with Crippen LogP contribution in [0.15, 0.2) is 41.2 Å². The molecule has 0 radical (unpaired) electrons. The monoisotopic (exact) mass is 324 g/mol. The Morgan fingerprint density at radius 3 is 2.79 bits per heavy atom. The smallest absolute Gasteiger partial charge is 0.305 e. The average Bonchev–Trinajstić information content (AvgIpc) is 3.16. The summed E-state index contributed by atoms with van der Waals surface area (Å²) in [7, 11) is 1.44. The fourth-order valence-electron chi connectivity index (χ4n) is 4.45. The molecule has 0 N–H and O–H groups in total. The lowest BCUT2D eigenvalue weighted by Crippen LogP contribution is -2.31. The molecule has 2 bridgehead atoms. The van der Waals surface area contributed by atoms with E-state index >= 15 is 0 Å². The Bertz CT molecular complexity index is 775. The van der Waals surface area contributed by atoms with Crippen molar-refractivity contribution in [3.8, 4) is 0 Å². The zero-order chi connectivity index (χ0) is 16.7. The molecule has 0 aliphatic heterocycles. The third-order valence-electron chi connectivity index (χ3n) is 5.61. The van der Waals surface area contributed by atoms with Gasteiger partial charge in [0.05, 0.1) is 18.9 Å². The summed E-state index contributed by atoms with van der Waals surface area (Å²) in [5, 5.41) is 0. The van der Waals surface area contributed by atoms with Gasteiger partial charge in [-0.15, -0.1) is 0 Å². The number of benzene rings is 1. The summed E-state index contributed by atoms with van der Waals surface area (Å²) in [6, 6.07) is 7.75. The average molecular weight is 324 g/mol. The minimum Gasteiger partial charge on any atom is -0.472 e. The number of rotatable bonds is 4. The normalized spacial score (nSPS) is 24.5. The van der Waals surface area contributed by atoms with Crippen molar-refractivity contribution < 1.29 is 18.7 Å². The van der Waals surface area contributed by atoms with Crippen molar-refractivity contribution in [3.63, 3.8) is 0 Å². The Morgan fingerprint density at radius 1 is 1.17 bits per heavy atom. The van der Waals surface area contributed by atoms with Crippen LogP contribution >= 0.6 is 0 Å². The van der Waals surface area contributed by atoms with Crippen molar-refractivity contribution in [1.29, 1.82) is 0 Å². The van der Waals surface area contributed by atoms with Gasteiger partial charge in [0.25, 0.3) is 0 Å². The highest BCUT2D eigenvalue weighted by molar-refractivity contribution is 6.08. The summed E-state index contributed by atoms with van der Waals surface area (Å²) in [5.74, 6) is 1.01. The van der Waals surface area contributed by atoms with Crippen molar-refractivity contribution in [3.05, 3.63) is 59.0 Å². The van der Waals surface area contributed by atoms with Gasteiger partial charge in [0.15, 0.2) is 5.78 Å². The zero-order valence-electron chi connectivity index (χ0n) is 13.7. The number of ketones is 1. The molecule has 24 heavy (non-hydrogen) atoms. The molecule has 1 saturated carbocycles. The molecule has 1 aromatic heterocycles. The van der Waals surface area contributed by atoms with Gasteiger partial charge in [0.2, 0.25) is 0 Å².